The zero-order valence-electron chi connectivity index (χ0n) is 16.1. The number of urea groups is 1. The molecule has 29 heavy (non-hydrogen) atoms. The summed E-state index contributed by atoms with van der Waals surface area (Å²) in [6.45, 7) is 2.80. The number of rotatable bonds is 5. The predicted molar refractivity (Wildman–Crippen MR) is 112 cm³/mol. The maximum absolute atomic E-state index is 12.9. The van der Waals surface area contributed by atoms with E-state index in [2.05, 4.69) is 21.9 Å². The van der Waals surface area contributed by atoms with Gasteiger partial charge in [0, 0.05) is 18.4 Å². The first-order chi connectivity index (χ1) is 14.2. The highest BCUT2D eigenvalue weighted by Gasteiger charge is 2.30. The van der Waals surface area contributed by atoms with Crippen LogP contribution in [0.5, 0.6) is 0 Å². The van der Waals surface area contributed by atoms with E-state index in [-0.39, 0.29) is 17.8 Å². The molecule has 1 unspecified atom stereocenters. The van der Waals surface area contributed by atoms with Gasteiger partial charge in [0.25, 0.3) is 0 Å². The molecule has 7 nitrogen and oxygen atoms in total. The molecule has 2 aromatic heterocycles. The number of aromatic nitrogens is 2. The van der Waals surface area contributed by atoms with E-state index in [0.717, 1.165) is 25.1 Å². The lowest BCUT2D eigenvalue weighted by Crippen LogP contribution is -2.34. The molecule has 1 fully saturated rings. The number of amides is 2. The standard InChI is InChI=1S/C21H22N4O3S/c1-2-28-20(26)18-8-11-25(23-18)17-6-3-5-16(13-17)22-21(27)24-10-4-7-19(24)15-9-12-29-14-15/h3,5-6,8-9,11-14,19H,2,4,7,10H2,1H3,(H,22,27). The minimum Gasteiger partial charge on any atom is -0.461 e. The number of thiophene rings is 1. The highest BCUT2D eigenvalue weighted by atomic mass is 32.1. The Balaban J connectivity index is 1.48. The lowest BCUT2D eigenvalue weighted by molar-refractivity contribution is 0.0519. The molecule has 3 heterocycles. The maximum Gasteiger partial charge on any atom is 0.358 e. The van der Waals surface area contributed by atoms with Crippen LogP contribution in [-0.2, 0) is 4.74 Å². The number of likely N-dealkylation sites (tertiary alicyclic amines) is 1. The van der Waals surface area contributed by atoms with Crippen molar-refractivity contribution in [1.29, 1.82) is 0 Å². The first-order valence-corrected chi connectivity index (χ1v) is 10.5. The van der Waals surface area contributed by atoms with Crippen molar-refractivity contribution >= 4 is 29.0 Å². The summed E-state index contributed by atoms with van der Waals surface area (Å²) in [5, 5.41) is 11.4. The fraction of sp³-hybridized carbons (Fsp3) is 0.286. The van der Waals surface area contributed by atoms with Crippen molar-refractivity contribution in [1.82, 2.24) is 14.7 Å². The molecule has 2 amide bonds. The Bertz CT molecular complexity index is 999. The van der Waals surface area contributed by atoms with E-state index in [0.29, 0.717) is 12.3 Å². The van der Waals surface area contributed by atoms with Gasteiger partial charge in [-0.25, -0.2) is 14.3 Å². The quantitative estimate of drug-likeness (QED) is 0.629. The number of hydrogen-bond acceptors (Lipinski definition) is 5. The van der Waals surface area contributed by atoms with E-state index in [4.69, 9.17) is 4.74 Å². The van der Waals surface area contributed by atoms with Crippen LogP contribution in [0.4, 0.5) is 10.5 Å². The molecular weight excluding hydrogens is 388 g/mol. The van der Waals surface area contributed by atoms with E-state index < -0.39 is 5.97 Å². The summed E-state index contributed by atoms with van der Waals surface area (Å²) in [6, 6.07) is 11.1. The third-order valence-electron chi connectivity index (χ3n) is 4.88. The monoisotopic (exact) mass is 410 g/mol. The molecule has 1 aliphatic rings. The fourth-order valence-corrected chi connectivity index (χ4v) is 4.23. The number of hydrogen-bond donors (Lipinski definition) is 1. The molecule has 8 heteroatoms. The normalized spacial score (nSPS) is 16.0. The second-order valence-corrected chi connectivity index (χ2v) is 7.53. The van der Waals surface area contributed by atoms with Crippen LogP contribution in [-0.4, -0.2) is 39.8 Å². The fourth-order valence-electron chi connectivity index (χ4n) is 3.52. The van der Waals surface area contributed by atoms with Gasteiger partial charge in [0.05, 0.1) is 18.3 Å². The van der Waals surface area contributed by atoms with Crippen molar-refractivity contribution in [3.8, 4) is 5.69 Å². The largest absolute Gasteiger partial charge is 0.461 e. The Kier molecular flexibility index (Phi) is 5.62. The van der Waals surface area contributed by atoms with Crippen molar-refractivity contribution in [3.05, 3.63) is 64.6 Å². The molecule has 0 spiro atoms. The Morgan fingerprint density at radius 1 is 1.31 bits per heavy atom. The van der Waals surface area contributed by atoms with Crippen LogP contribution < -0.4 is 5.32 Å². The number of carbonyl (C=O) groups excluding carboxylic acids is 2. The van der Waals surface area contributed by atoms with Crippen molar-refractivity contribution in [2.45, 2.75) is 25.8 Å². The first-order valence-electron chi connectivity index (χ1n) is 9.58. The van der Waals surface area contributed by atoms with Crippen molar-refractivity contribution in [2.75, 3.05) is 18.5 Å². The zero-order chi connectivity index (χ0) is 20.2. The van der Waals surface area contributed by atoms with Crippen LogP contribution in [0.2, 0.25) is 0 Å². The molecule has 0 bridgehead atoms. The molecule has 4 rings (SSSR count). The lowest BCUT2D eigenvalue weighted by atomic mass is 10.1. The molecule has 0 radical (unpaired) electrons. The highest BCUT2D eigenvalue weighted by Crippen LogP contribution is 2.33. The second kappa shape index (κ2) is 8.48. The molecule has 3 aromatic rings. The molecule has 150 valence electrons. The summed E-state index contributed by atoms with van der Waals surface area (Å²) in [6.07, 6.45) is 3.67. The maximum atomic E-state index is 12.9. The first kappa shape index (κ1) is 19.2. The van der Waals surface area contributed by atoms with Gasteiger partial charge in [0.2, 0.25) is 0 Å². The number of anilines is 1. The van der Waals surface area contributed by atoms with Gasteiger partial charge in [-0.2, -0.15) is 16.4 Å². The molecule has 1 N–H and O–H groups in total. The van der Waals surface area contributed by atoms with E-state index in [9.17, 15) is 9.59 Å². The Morgan fingerprint density at radius 2 is 2.21 bits per heavy atom. The van der Waals surface area contributed by atoms with E-state index in [1.165, 1.54) is 5.56 Å². The average Bonchev–Trinajstić information content (AvgIpc) is 3.49. The Morgan fingerprint density at radius 3 is 3.00 bits per heavy atom. The molecule has 1 aliphatic heterocycles. The van der Waals surface area contributed by atoms with Crippen LogP contribution in [0.15, 0.2) is 53.4 Å². The highest BCUT2D eigenvalue weighted by molar-refractivity contribution is 7.08. The van der Waals surface area contributed by atoms with Gasteiger partial charge in [-0.1, -0.05) is 6.07 Å². The molecular formula is C21H22N4O3S. The third-order valence-corrected chi connectivity index (χ3v) is 5.58. The van der Waals surface area contributed by atoms with Gasteiger partial charge < -0.3 is 15.0 Å². The van der Waals surface area contributed by atoms with Crippen LogP contribution in [0.3, 0.4) is 0 Å². The smallest absolute Gasteiger partial charge is 0.358 e. The second-order valence-electron chi connectivity index (χ2n) is 6.75. The summed E-state index contributed by atoms with van der Waals surface area (Å²) in [4.78, 5) is 26.6. The zero-order valence-corrected chi connectivity index (χ0v) is 16.9. The average molecular weight is 410 g/mol. The van der Waals surface area contributed by atoms with Gasteiger partial charge in [0.15, 0.2) is 5.69 Å². The van der Waals surface area contributed by atoms with Gasteiger partial charge in [0.1, 0.15) is 0 Å². The summed E-state index contributed by atoms with van der Waals surface area (Å²) >= 11 is 1.65. The Labute approximate surface area is 172 Å². The minimum atomic E-state index is -0.454. The van der Waals surface area contributed by atoms with Crippen molar-refractivity contribution < 1.29 is 14.3 Å². The van der Waals surface area contributed by atoms with E-state index in [1.54, 1.807) is 35.2 Å². The lowest BCUT2D eigenvalue weighted by Gasteiger charge is -2.24. The number of carbonyl (C=O) groups is 2. The molecule has 1 atom stereocenters. The molecule has 1 aromatic carbocycles. The van der Waals surface area contributed by atoms with Crippen molar-refractivity contribution in [3.63, 3.8) is 0 Å². The molecule has 0 aliphatic carbocycles. The number of benzene rings is 1. The predicted octanol–water partition coefficient (Wildman–Crippen LogP) is 4.48. The van der Waals surface area contributed by atoms with E-state index >= 15 is 0 Å². The summed E-state index contributed by atoms with van der Waals surface area (Å²) in [5.41, 5.74) is 2.86. The van der Waals surface area contributed by atoms with E-state index in [1.807, 2.05) is 34.5 Å². The molecule has 1 saturated heterocycles. The van der Waals surface area contributed by atoms with Gasteiger partial charge in [-0.3, -0.25) is 0 Å². The van der Waals surface area contributed by atoms with Gasteiger partial charge in [-0.05, 0) is 66.4 Å². The summed E-state index contributed by atoms with van der Waals surface area (Å²) in [5.74, 6) is -0.454. The van der Waals surface area contributed by atoms with Crippen LogP contribution in [0, 0.1) is 0 Å². The topological polar surface area (TPSA) is 76.5 Å². The van der Waals surface area contributed by atoms with Crippen molar-refractivity contribution in [2.24, 2.45) is 0 Å². The number of ether oxygens (including phenoxy) is 1. The summed E-state index contributed by atoms with van der Waals surface area (Å²) in [7, 11) is 0. The third kappa shape index (κ3) is 4.17. The number of nitrogens with zero attached hydrogens (tertiary/aromatic N) is 3. The Hall–Kier alpha value is -3.13. The molecule has 0 saturated carbocycles. The number of nitrogens with one attached hydrogen (secondary N) is 1. The van der Waals surface area contributed by atoms with Crippen LogP contribution in [0.25, 0.3) is 5.69 Å². The van der Waals surface area contributed by atoms with Gasteiger partial charge >= 0.3 is 12.0 Å². The van der Waals surface area contributed by atoms with Crippen LogP contribution in [0.1, 0.15) is 41.9 Å². The number of esters is 1. The minimum absolute atomic E-state index is 0.108. The van der Waals surface area contributed by atoms with Crippen LogP contribution >= 0.6 is 11.3 Å². The summed E-state index contributed by atoms with van der Waals surface area (Å²) < 4.78 is 6.56. The van der Waals surface area contributed by atoms with Gasteiger partial charge in [-0.15, -0.1) is 0 Å². The SMILES string of the molecule is CCOC(=O)c1ccn(-c2cccc(NC(=O)N3CCCC3c3ccsc3)c2)n1.